The van der Waals surface area contributed by atoms with E-state index < -0.39 is 42.0 Å². The van der Waals surface area contributed by atoms with Crippen LogP contribution in [0.15, 0.2) is 24.4 Å². The SMILES string of the molecule is Fc1cccc(-n2cc(C(F)(F)F)c3c2CCC(F)(F)C3)n1. The van der Waals surface area contributed by atoms with Crippen molar-refractivity contribution in [2.24, 2.45) is 0 Å². The Kier molecular flexibility index (Phi) is 3.23. The monoisotopic (exact) mass is 320 g/mol. The second-order valence-corrected chi connectivity index (χ2v) is 5.19. The Hall–Kier alpha value is -1.99. The molecule has 1 aliphatic carbocycles. The van der Waals surface area contributed by atoms with Crippen LogP contribution in [0.3, 0.4) is 0 Å². The van der Waals surface area contributed by atoms with E-state index in [2.05, 4.69) is 4.98 Å². The maximum atomic E-state index is 13.5. The third-order valence-electron chi connectivity index (χ3n) is 3.64. The first-order valence-corrected chi connectivity index (χ1v) is 6.48. The number of nitrogens with zero attached hydrogens (tertiary/aromatic N) is 2. The summed E-state index contributed by atoms with van der Waals surface area (Å²) in [6.45, 7) is 0. The minimum atomic E-state index is -4.75. The van der Waals surface area contributed by atoms with Gasteiger partial charge in [-0.05, 0) is 24.1 Å². The summed E-state index contributed by atoms with van der Waals surface area (Å²) in [4.78, 5) is 3.52. The first-order chi connectivity index (χ1) is 10.2. The Balaban J connectivity index is 2.19. The van der Waals surface area contributed by atoms with Crippen LogP contribution in [-0.2, 0) is 19.0 Å². The molecule has 2 nitrogen and oxygen atoms in total. The Morgan fingerprint density at radius 2 is 1.91 bits per heavy atom. The maximum Gasteiger partial charge on any atom is 0.418 e. The third-order valence-corrected chi connectivity index (χ3v) is 3.64. The van der Waals surface area contributed by atoms with Crippen LogP contribution in [0.5, 0.6) is 0 Å². The fourth-order valence-corrected chi connectivity index (χ4v) is 2.68. The summed E-state index contributed by atoms with van der Waals surface area (Å²) < 4.78 is 80.4. The van der Waals surface area contributed by atoms with Gasteiger partial charge in [0.05, 0.1) is 5.56 Å². The summed E-state index contributed by atoms with van der Waals surface area (Å²) in [5.41, 5.74) is -1.45. The van der Waals surface area contributed by atoms with Crippen LogP contribution in [0, 0.1) is 5.95 Å². The van der Waals surface area contributed by atoms with Crippen LogP contribution in [-0.4, -0.2) is 15.5 Å². The van der Waals surface area contributed by atoms with Crippen molar-refractivity contribution in [3.05, 3.63) is 47.2 Å². The van der Waals surface area contributed by atoms with Crippen molar-refractivity contribution in [2.75, 3.05) is 0 Å². The number of pyridine rings is 1. The lowest BCUT2D eigenvalue weighted by Crippen LogP contribution is -2.27. The van der Waals surface area contributed by atoms with Crippen molar-refractivity contribution in [2.45, 2.75) is 31.4 Å². The molecule has 0 saturated heterocycles. The van der Waals surface area contributed by atoms with Crippen molar-refractivity contribution in [3.63, 3.8) is 0 Å². The summed E-state index contributed by atoms with van der Waals surface area (Å²) in [7, 11) is 0. The first-order valence-electron chi connectivity index (χ1n) is 6.48. The van der Waals surface area contributed by atoms with Gasteiger partial charge in [0.25, 0.3) is 5.92 Å². The minimum Gasteiger partial charge on any atom is -0.305 e. The molecule has 0 fully saturated rings. The summed E-state index contributed by atoms with van der Waals surface area (Å²) in [6, 6.07) is 3.68. The van der Waals surface area contributed by atoms with Gasteiger partial charge in [-0.2, -0.15) is 17.6 Å². The lowest BCUT2D eigenvalue weighted by molar-refractivity contribution is -0.138. The van der Waals surface area contributed by atoms with Gasteiger partial charge in [-0.1, -0.05) is 6.07 Å². The number of hydrogen-bond donors (Lipinski definition) is 0. The molecule has 0 aliphatic heterocycles. The Morgan fingerprint density at radius 1 is 1.18 bits per heavy atom. The van der Waals surface area contributed by atoms with Crippen LogP contribution >= 0.6 is 0 Å². The molecular weight excluding hydrogens is 310 g/mol. The zero-order chi connectivity index (χ0) is 16.1. The maximum absolute atomic E-state index is 13.5. The predicted octanol–water partition coefficient (Wildman–Crippen LogP) is 4.15. The zero-order valence-corrected chi connectivity index (χ0v) is 11.1. The van der Waals surface area contributed by atoms with Crippen LogP contribution in [0.25, 0.3) is 5.82 Å². The average Bonchev–Trinajstić information content (AvgIpc) is 2.75. The van der Waals surface area contributed by atoms with E-state index >= 15 is 0 Å². The van der Waals surface area contributed by atoms with Gasteiger partial charge in [-0.25, -0.2) is 13.8 Å². The summed E-state index contributed by atoms with van der Waals surface area (Å²) in [6.07, 6.45) is -5.78. The Bertz CT molecular complexity index is 717. The second kappa shape index (κ2) is 4.76. The van der Waals surface area contributed by atoms with Gasteiger partial charge in [-0.3, -0.25) is 0 Å². The van der Waals surface area contributed by atoms with Crippen molar-refractivity contribution < 1.29 is 26.3 Å². The Labute approximate surface area is 121 Å². The molecule has 0 N–H and O–H groups in total. The topological polar surface area (TPSA) is 17.8 Å². The first kappa shape index (κ1) is 14.9. The molecule has 0 bridgehead atoms. The van der Waals surface area contributed by atoms with Gasteiger partial charge in [0.1, 0.15) is 5.82 Å². The fraction of sp³-hybridized carbons (Fsp3) is 0.357. The van der Waals surface area contributed by atoms with E-state index in [1.807, 2.05) is 0 Å². The highest BCUT2D eigenvalue weighted by atomic mass is 19.4. The molecule has 2 aromatic heterocycles. The van der Waals surface area contributed by atoms with E-state index in [-0.39, 0.29) is 17.9 Å². The number of alkyl halides is 5. The van der Waals surface area contributed by atoms with Gasteiger partial charge in [0.2, 0.25) is 5.95 Å². The lowest BCUT2D eigenvalue weighted by atomic mass is 9.92. The molecule has 0 atom stereocenters. The van der Waals surface area contributed by atoms with Crippen LogP contribution in [0.2, 0.25) is 0 Å². The lowest BCUT2D eigenvalue weighted by Gasteiger charge is -2.24. The predicted molar refractivity (Wildman–Crippen MR) is 65.5 cm³/mol. The van der Waals surface area contributed by atoms with Crippen molar-refractivity contribution in [1.82, 2.24) is 9.55 Å². The van der Waals surface area contributed by atoms with E-state index in [4.69, 9.17) is 0 Å². The molecular formula is C14H10F6N2. The molecule has 3 rings (SSSR count). The van der Waals surface area contributed by atoms with Gasteiger partial charge in [-0.15, -0.1) is 0 Å². The Morgan fingerprint density at radius 3 is 2.55 bits per heavy atom. The summed E-state index contributed by atoms with van der Waals surface area (Å²) in [5.74, 6) is -4.08. The number of rotatable bonds is 1. The highest BCUT2D eigenvalue weighted by molar-refractivity contribution is 5.42. The van der Waals surface area contributed by atoms with E-state index in [1.165, 1.54) is 12.1 Å². The molecule has 0 amide bonds. The molecule has 2 aromatic rings. The van der Waals surface area contributed by atoms with Crippen molar-refractivity contribution >= 4 is 0 Å². The molecule has 8 heteroatoms. The molecule has 22 heavy (non-hydrogen) atoms. The molecule has 0 aromatic carbocycles. The van der Waals surface area contributed by atoms with Crippen LogP contribution < -0.4 is 0 Å². The second-order valence-electron chi connectivity index (χ2n) is 5.19. The third kappa shape index (κ3) is 2.57. The van der Waals surface area contributed by atoms with E-state index in [9.17, 15) is 26.3 Å². The molecule has 118 valence electrons. The smallest absolute Gasteiger partial charge is 0.305 e. The standard InChI is InChI=1S/C14H10F6N2/c15-11-2-1-3-12(21-11)22-7-9(14(18,19)20)8-6-13(16,17)5-4-10(8)22/h1-3,7H,4-6H2. The normalized spacial score (nSPS) is 17.4. The summed E-state index contributed by atoms with van der Waals surface area (Å²) >= 11 is 0. The van der Waals surface area contributed by atoms with Crippen molar-refractivity contribution in [3.8, 4) is 5.82 Å². The molecule has 1 aliphatic rings. The molecule has 0 saturated carbocycles. The molecule has 0 radical (unpaired) electrons. The van der Waals surface area contributed by atoms with Crippen LogP contribution in [0.4, 0.5) is 26.3 Å². The number of hydrogen-bond acceptors (Lipinski definition) is 1. The summed E-state index contributed by atoms with van der Waals surface area (Å²) in [5, 5.41) is 0. The highest BCUT2D eigenvalue weighted by Gasteiger charge is 2.43. The van der Waals surface area contributed by atoms with Gasteiger partial charge in [0.15, 0.2) is 0 Å². The van der Waals surface area contributed by atoms with E-state index in [1.54, 1.807) is 0 Å². The molecule has 0 spiro atoms. The van der Waals surface area contributed by atoms with E-state index in [0.29, 0.717) is 6.20 Å². The van der Waals surface area contributed by atoms with Gasteiger partial charge in [0, 0.05) is 24.7 Å². The molecule has 0 unspecified atom stereocenters. The van der Waals surface area contributed by atoms with Gasteiger partial charge < -0.3 is 4.57 Å². The highest BCUT2D eigenvalue weighted by Crippen LogP contribution is 2.42. The molecule has 2 heterocycles. The average molecular weight is 320 g/mol. The largest absolute Gasteiger partial charge is 0.418 e. The minimum absolute atomic E-state index is 0.0584. The van der Waals surface area contributed by atoms with Gasteiger partial charge >= 0.3 is 6.18 Å². The number of fused-ring (bicyclic) bond motifs is 1. The zero-order valence-electron chi connectivity index (χ0n) is 11.1. The quantitative estimate of drug-likeness (QED) is 0.570. The number of halogens is 6. The van der Waals surface area contributed by atoms with Crippen LogP contribution in [0.1, 0.15) is 23.2 Å². The number of aromatic nitrogens is 2. The van der Waals surface area contributed by atoms with E-state index in [0.717, 1.165) is 10.6 Å². The van der Waals surface area contributed by atoms with Crippen molar-refractivity contribution in [1.29, 1.82) is 0 Å². The fourth-order valence-electron chi connectivity index (χ4n) is 2.68.